The Balaban J connectivity index is 1.33. The Kier molecular flexibility index (Phi) is 5.24. The summed E-state index contributed by atoms with van der Waals surface area (Å²) in [5.74, 6) is 2.85. The van der Waals surface area contributed by atoms with Crippen LogP contribution in [0.3, 0.4) is 0 Å². The molecule has 1 aliphatic heterocycles. The van der Waals surface area contributed by atoms with Crippen LogP contribution in [0.4, 0.5) is 5.95 Å². The van der Waals surface area contributed by atoms with Crippen LogP contribution in [0.25, 0.3) is 11.4 Å². The van der Waals surface area contributed by atoms with Gasteiger partial charge in [-0.15, -0.1) is 0 Å². The highest BCUT2D eigenvalue weighted by Gasteiger charge is 2.20. The van der Waals surface area contributed by atoms with Gasteiger partial charge in [0.1, 0.15) is 5.75 Å². The van der Waals surface area contributed by atoms with E-state index < -0.39 is 0 Å². The van der Waals surface area contributed by atoms with Crippen LogP contribution >= 0.6 is 0 Å². The fourth-order valence-corrected chi connectivity index (χ4v) is 3.06. The molecular weight excluding hydrogens is 344 g/mol. The number of benzene rings is 1. The van der Waals surface area contributed by atoms with Crippen LogP contribution in [0.15, 0.2) is 47.2 Å². The summed E-state index contributed by atoms with van der Waals surface area (Å²) in [5, 5.41) is 4.11. The van der Waals surface area contributed by atoms with Crippen molar-refractivity contribution >= 4 is 5.95 Å². The van der Waals surface area contributed by atoms with Gasteiger partial charge < -0.3 is 14.2 Å². The molecule has 8 nitrogen and oxygen atoms in total. The molecule has 8 heteroatoms. The number of aromatic nitrogens is 4. The largest absolute Gasteiger partial charge is 0.494 e. The average Bonchev–Trinajstić information content (AvgIpc) is 3.18. The molecular formula is C19H22N6O2. The molecule has 0 N–H and O–H groups in total. The molecule has 4 rings (SSSR count). The second-order valence-electron chi connectivity index (χ2n) is 6.28. The molecule has 0 atom stereocenters. The average molecular weight is 366 g/mol. The van der Waals surface area contributed by atoms with Gasteiger partial charge in [-0.05, 0) is 37.3 Å². The van der Waals surface area contributed by atoms with Crippen LogP contribution in [-0.4, -0.2) is 57.8 Å². The molecule has 1 saturated heterocycles. The minimum absolute atomic E-state index is 0.601. The maximum atomic E-state index is 5.46. The van der Waals surface area contributed by atoms with Gasteiger partial charge in [0.2, 0.25) is 17.7 Å². The maximum absolute atomic E-state index is 5.46. The predicted octanol–water partition coefficient (Wildman–Crippen LogP) is 2.25. The third-order valence-corrected chi connectivity index (χ3v) is 4.46. The second-order valence-corrected chi connectivity index (χ2v) is 6.28. The van der Waals surface area contributed by atoms with Crippen molar-refractivity contribution in [1.82, 2.24) is 25.0 Å². The molecule has 0 bridgehead atoms. The Bertz CT molecular complexity index is 844. The number of rotatable bonds is 6. The van der Waals surface area contributed by atoms with Gasteiger partial charge in [-0.1, -0.05) is 5.16 Å². The molecule has 3 aromatic rings. The van der Waals surface area contributed by atoms with E-state index in [4.69, 9.17) is 9.26 Å². The Morgan fingerprint density at radius 2 is 1.78 bits per heavy atom. The van der Waals surface area contributed by atoms with Gasteiger partial charge in [-0.2, -0.15) is 4.98 Å². The number of nitrogens with zero attached hydrogens (tertiary/aromatic N) is 6. The highest BCUT2D eigenvalue weighted by molar-refractivity contribution is 5.55. The fourth-order valence-electron chi connectivity index (χ4n) is 3.06. The summed E-state index contributed by atoms with van der Waals surface area (Å²) in [6.07, 6.45) is 3.55. The molecule has 140 valence electrons. The zero-order valence-electron chi connectivity index (χ0n) is 15.3. The Morgan fingerprint density at radius 3 is 2.48 bits per heavy atom. The first-order valence-electron chi connectivity index (χ1n) is 9.12. The van der Waals surface area contributed by atoms with E-state index in [2.05, 4.69) is 29.9 Å². The first-order valence-corrected chi connectivity index (χ1v) is 9.12. The van der Waals surface area contributed by atoms with E-state index in [-0.39, 0.29) is 0 Å². The normalized spacial score (nSPS) is 15.1. The predicted molar refractivity (Wildman–Crippen MR) is 100 cm³/mol. The van der Waals surface area contributed by atoms with E-state index >= 15 is 0 Å². The molecule has 3 heterocycles. The third kappa shape index (κ3) is 4.22. The number of hydrogen-bond acceptors (Lipinski definition) is 8. The van der Waals surface area contributed by atoms with Gasteiger partial charge >= 0.3 is 0 Å². The molecule has 0 saturated carbocycles. The number of ether oxygens (including phenoxy) is 1. The quantitative estimate of drug-likeness (QED) is 0.657. The first-order chi connectivity index (χ1) is 13.3. The Hall–Kier alpha value is -3.00. The lowest BCUT2D eigenvalue weighted by Crippen LogP contribution is -2.46. The lowest BCUT2D eigenvalue weighted by molar-refractivity contribution is 0.214. The zero-order valence-corrected chi connectivity index (χ0v) is 15.3. The topological polar surface area (TPSA) is 80.4 Å². The van der Waals surface area contributed by atoms with Crippen LogP contribution in [0, 0.1) is 0 Å². The summed E-state index contributed by atoms with van der Waals surface area (Å²) in [4.78, 5) is 17.6. The van der Waals surface area contributed by atoms with Crippen molar-refractivity contribution in [3.63, 3.8) is 0 Å². The van der Waals surface area contributed by atoms with Crippen LogP contribution < -0.4 is 9.64 Å². The van der Waals surface area contributed by atoms with E-state index in [1.54, 1.807) is 12.4 Å². The van der Waals surface area contributed by atoms with Gasteiger partial charge in [-0.25, -0.2) is 9.97 Å². The Labute approximate surface area is 157 Å². The van der Waals surface area contributed by atoms with Gasteiger partial charge in [0.25, 0.3) is 0 Å². The third-order valence-electron chi connectivity index (χ3n) is 4.46. The SMILES string of the molecule is CCOc1ccc(-c2noc(CN3CCN(c4ncccn4)CC3)n2)cc1. The summed E-state index contributed by atoms with van der Waals surface area (Å²) >= 11 is 0. The van der Waals surface area contributed by atoms with Crippen molar-refractivity contribution in [3.8, 4) is 17.1 Å². The Morgan fingerprint density at radius 1 is 1.04 bits per heavy atom. The van der Waals surface area contributed by atoms with Crippen molar-refractivity contribution in [3.05, 3.63) is 48.6 Å². The van der Waals surface area contributed by atoms with Crippen LogP contribution in [0.1, 0.15) is 12.8 Å². The number of anilines is 1. The van der Waals surface area contributed by atoms with E-state index in [1.165, 1.54) is 0 Å². The van der Waals surface area contributed by atoms with E-state index in [9.17, 15) is 0 Å². The molecule has 0 unspecified atom stereocenters. The summed E-state index contributed by atoms with van der Waals surface area (Å²) in [6.45, 7) is 6.82. The highest BCUT2D eigenvalue weighted by atomic mass is 16.5. The lowest BCUT2D eigenvalue weighted by atomic mass is 10.2. The molecule has 2 aromatic heterocycles. The molecule has 0 radical (unpaired) electrons. The molecule has 27 heavy (non-hydrogen) atoms. The van der Waals surface area contributed by atoms with Crippen molar-refractivity contribution < 1.29 is 9.26 Å². The van der Waals surface area contributed by atoms with Crippen molar-refractivity contribution in [2.75, 3.05) is 37.7 Å². The van der Waals surface area contributed by atoms with Crippen molar-refractivity contribution in [1.29, 1.82) is 0 Å². The fraction of sp³-hybridized carbons (Fsp3) is 0.368. The smallest absolute Gasteiger partial charge is 0.241 e. The van der Waals surface area contributed by atoms with E-state index in [1.807, 2.05) is 37.3 Å². The molecule has 1 aliphatic rings. The minimum Gasteiger partial charge on any atom is -0.494 e. The number of piperazine rings is 1. The second kappa shape index (κ2) is 8.13. The van der Waals surface area contributed by atoms with Crippen molar-refractivity contribution in [2.24, 2.45) is 0 Å². The van der Waals surface area contributed by atoms with Gasteiger partial charge in [0.05, 0.1) is 13.2 Å². The minimum atomic E-state index is 0.601. The molecule has 0 aliphatic carbocycles. The summed E-state index contributed by atoms with van der Waals surface area (Å²) < 4.78 is 10.9. The van der Waals surface area contributed by atoms with E-state index in [0.717, 1.165) is 43.4 Å². The molecule has 1 aromatic carbocycles. The van der Waals surface area contributed by atoms with Crippen molar-refractivity contribution in [2.45, 2.75) is 13.5 Å². The molecule has 0 amide bonds. The summed E-state index contributed by atoms with van der Waals surface area (Å²) in [7, 11) is 0. The number of hydrogen-bond donors (Lipinski definition) is 0. The monoisotopic (exact) mass is 366 g/mol. The van der Waals surface area contributed by atoms with E-state index in [0.29, 0.717) is 24.9 Å². The summed E-state index contributed by atoms with van der Waals surface area (Å²) in [6, 6.07) is 9.55. The van der Waals surface area contributed by atoms with Gasteiger partial charge in [-0.3, -0.25) is 4.90 Å². The van der Waals surface area contributed by atoms with Gasteiger partial charge in [0, 0.05) is 44.1 Å². The van der Waals surface area contributed by atoms with Gasteiger partial charge in [0.15, 0.2) is 0 Å². The highest BCUT2D eigenvalue weighted by Crippen LogP contribution is 2.20. The van der Waals surface area contributed by atoms with Crippen LogP contribution in [0.2, 0.25) is 0 Å². The lowest BCUT2D eigenvalue weighted by Gasteiger charge is -2.33. The summed E-state index contributed by atoms with van der Waals surface area (Å²) in [5.41, 5.74) is 0.916. The maximum Gasteiger partial charge on any atom is 0.241 e. The zero-order chi connectivity index (χ0) is 18.5. The van der Waals surface area contributed by atoms with Crippen LogP contribution in [-0.2, 0) is 6.54 Å². The molecule has 1 fully saturated rings. The molecule has 0 spiro atoms. The standard InChI is InChI=1S/C19H22N6O2/c1-2-26-16-6-4-15(5-7-16)18-22-17(27-23-18)14-24-10-12-25(13-11-24)19-20-8-3-9-21-19/h3-9H,2,10-14H2,1H3. The van der Waals surface area contributed by atoms with Crippen LogP contribution in [0.5, 0.6) is 5.75 Å². The first kappa shape index (κ1) is 17.4.